The zero-order valence-corrected chi connectivity index (χ0v) is 14.6. The molecule has 0 aliphatic heterocycles. The van der Waals surface area contributed by atoms with Crippen molar-refractivity contribution in [3.8, 4) is 0 Å². The summed E-state index contributed by atoms with van der Waals surface area (Å²) in [5.74, 6) is 0.518. The van der Waals surface area contributed by atoms with Crippen LogP contribution in [0.25, 0.3) is 0 Å². The molecule has 0 rings (SSSR count). The molecule has 0 N–H and O–H groups in total. The maximum atomic E-state index is 10.7. The van der Waals surface area contributed by atoms with E-state index in [1.165, 1.54) is 84.0 Å². The van der Waals surface area contributed by atoms with Gasteiger partial charge in [-0.2, -0.15) is 0 Å². The molecule has 124 valence electrons. The van der Waals surface area contributed by atoms with Crippen LogP contribution in [0.15, 0.2) is 11.8 Å². The normalized spacial score (nSPS) is 11.7. The Kier molecular flexibility index (Phi) is 15.0. The van der Waals surface area contributed by atoms with Gasteiger partial charge in [0, 0.05) is 6.92 Å². The number of rotatable bonds is 14. The maximum absolute atomic E-state index is 10.7. The Balaban J connectivity index is 3.17. The minimum Gasteiger partial charge on any atom is -0.432 e. The first-order chi connectivity index (χ1) is 10.2. The summed E-state index contributed by atoms with van der Waals surface area (Å²) in [7, 11) is 0. The number of ether oxygens (including phenoxy) is 1. The number of unbranched alkanes of at least 4 members (excludes halogenated alkanes) is 12. The van der Waals surface area contributed by atoms with Crippen LogP contribution in [0.4, 0.5) is 0 Å². The fourth-order valence-corrected chi connectivity index (χ4v) is 2.56. The predicted molar refractivity (Wildman–Crippen MR) is 91.2 cm³/mol. The molecule has 0 aromatic carbocycles. The summed E-state index contributed by atoms with van der Waals surface area (Å²) in [6, 6.07) is 0. The molecule has 0 radical (unpaired) electrons. The van der Waals surface area contributed by atoms with Crippen LogP contribution in [-0.2, 0) is 9.53 Å². The van der Waals surface area contributed by atoms with Gasteiger partial charge in [-0.05, 0) is 25.8 Å². The second-order valence-corrected chi connectivity index (χ2v) is 6.09. The molecule has 0 heterocycles. The molecule has 2 nitrogen and oxygen atoms in total. The highest BCUT2D eigenvalue weighted by Crippen LogP contribution is 2.13. The van der Waals surface area contributed by atoms with Crippen molar-refractivity contribution < 1.29 is 9.53 Å². The Bertz CT molecular complexity index is 269. The van der Waals surface area contributed by atoms with Crippen molar-refractivity contribution in [2.24, 2.45) is 0 Å². The lowest BCUT2D eigenvalue weighted by Gasteiger charge is -2.03. The third-order valence-electron chi connectivity index (χ3n) is 3.79. The van der Waals surface area contributed by atoms with Gasteiger partial charge in [0.1, 0.15) is 5.76 Å². The maximum Gasteiger partial charge on any atom is 0.307 e. The number of carbonyl (C=O) groups is 1. The van der Waals surface area contributed by atoms with Crippen LogP contribution in [0.2, 0.25) is 0 Å². The summed E-state index contributed by atoms with van der Waals surface area (Å²) >= 11 is 0. The summed E-state index contributed by atoms with van der Waals surface area (Å²) in [6.45, 7) is 5.57. The molecule has 0 aromatic rings. The third kappa shape index (κ3) is 17.2. The van der Waals surface area contributed by atoms with E-state index in [-0.39, 0.29) is 5.97 Å². The van der Waals surface area contributed by atoms with E-state index in [0.29, 0.717) is 0 Å². The largest absolute Gasteiger partial charge is 0.432 e. The van der Waals surface area contributed by atoms with E-state index in [1.54, 1.807) is 0 Å². The molecule has 21 heavy (non-hydrogen) atoms. The van der Waals surface area contributed by atoms with E-state index >= 15 is 0 Å². The molecular formula is C19H36O2. The van der Waals surface area contributed by atoms with Crippen LogP contribution in [0, 0.1) is 0 Å². The van der Waals surface area contributed by atoms with Crippen LogP contribution in [0.3, 0.4) is 0 Å². The van der Waals surface area contributed by atoms with Crippen molar-refractivity contribution in [3.63, 3.8) is 0 Å². The van der Waals surface area contributed by atoms with Crippen molar-refractivity contribution >= 4 is 5.97 Å². The standard InChI is InChI=1S/C19H36O2/c1-4-5-6-7-8-9-10-11-12-13-14-15-16-17-18(2)21-19(3)20/h17H,4-16H2,1-3H3/b18-17-. The van der Waals surface area contributed by atoms with E-state index in [4.69, 9.17) is 4.74 Å². The number of hydrogen-bond acceptors (Lipinski definition) is 2. The van der Waals surface area contributed by atoms with Gasteiger partial charge in [0.25, 0.3) is 0 Å². The predicted octanol–water partition coefficient (Wildman–Crippen LogP) is 6.54. The molecule has 0 bridgehead atoms. The summed E-state index contributed by atoms with van der Waals surface area (Å²) < 4.78 is 4.98. The molecule has 0 aliphatic carbocycles. The SMILES string of the molecule is CCCCCCCCCCCCCC/C=C(/C)OC(C)=O. The number of carbonyl (C=O) groups excluding carboxylic acids is 1. The van der Waals surface area contributed by atoms with E-state index < -0.39 is 0 Å². The minimum absolute atomic E-state index is 0.224. The Hall–Kier alpha value is -0.790. The molecule has 0 fully saturated rings. The second-order valence-electron chi connectivity index (χ2n) is 6.09. The highest BCUT2D eigenvalue weighted by Gasteiger charge is 1.95. The molecular weight excluding hydrogens is 260 g/mol. The van der Waals surface area contributed by atoms with Crippen molar-refractivity contribution in [2.45, 2.75) is 104 Å². The summed E-state index contributed by atoms with van der Waals surface area (Å²) in [6.07, 6.45) is 19.5. The molecule has 0 unspecified atom stereocenters. The first kappa shape index (κ1) is 20.2. The lowest BCUT2D eigenvalue weighted by molar-refractivity contribution is -0.136. The Labute approximate surface area is 132 Å². The molecule has 0 saturated carbocycles. The Morgan fingerprint density at radius 2 is 1.19 bits per heavy atom. The average Bonchev–Trinajstić information content (AvgIpc) is 2.43. The van der Waals surface area contributed by atoms with E-state index in [2.05, 4.69) is 6.92 Å². The quantitative estimate of drug-likeness (QED) is 0.206. The van der Waals surface area contributed by atoms with Crippen LogP contribution in [0.1, 0.15) is 104 Å². The fourth-order valence-electron chi connectivity index (χ4n) is 2.56. The molecule has 0 aliphatic rings. The fraction of sp³-hybridized carbons (Fsp3) is 0.842. The monoisotopic (exact) mass is 296 g/mol. The van der Waals surface area contributed by atoms with Gasteiger partial charge in [-0.1, -0.05) is 77.6 Å². The summed E-state index contributed by atoms with van der Waals surface area (Å²) in [5.41, 5.74) is 0. The van der Waals surface area contributed by atoms with Gasteiger partial charge >= 0.3 is 5.97 Å². The second kappa shape index (κ2) is 15.6. The summed E-state index contributed by atoms with van der Waals surface area (Å²) in [5, 5.41) is 0. The van der Waals surface area contributed by atoms with Crippen LogP contribution >= 0.6 is 0 Å². The molecule has 2 heteroatoms. The van der Waals surface area contributed by atoms with Crippen LogP contribution in [0.5, 0.6) is 0 Å². The average molecular weight is 296 g/mol. The number of allylic oxidation sites excluding steroid dienone is 2. The van der Waals surface area contributed by atoms with Crippen LogP contribution in [-0.4, -0.2) is 5.97 Å². The van der Waals surface area contributed by atoms with Gasteiger partial charge < -0.3 is 4.74 Å². The van der Waals surface area contributed by atoms with Gasteiger partial charge in [0.15, 0.2) is 0 Å². The van der Waals surface area contributed by atoms with Gasteiger partial charge in [-0.25, -0.2) is 0 Å². The first-order valence-electron chi connectivity index (χ1n) is 9.02. The van der Waals surface area contributed by atoms with Crippen molar-refractivity contribution in [1.82, 2.24) is 0 Å². The molecule has 0 saturated heterocycles. The minimum atomic E-state index is -0.224. The Morgan fingerprint density at radius 1 is 0.762 bits per heavy atom. The van der Waals surface area contributed by atoms with Gasteiger partial charge in [0.05, 0.1) is 0 Å². The molecule has 0 atom stereocenters. The third-order valence-corrected chi connectivity index (χ3v) is 3.79. The lowest BCUT2D eigenvalue weighted by Crippen LogP contribution is -1.95. The zero-order valence-electron chi connectivity index (χ0n) is 14.6. The molecule has 0 amide bonds. The van der Waals surface area contributed by atoms with Gasteiger partial charge in [0.2, 0.25) is 0 Å². The highest BCUT2D eigenvalue weighted by atomic mass is 16.5. The van der Waals surface area contributed by atoms with E-state index in [9.17, 15) is 4.79 Å². The topological polar surface area (TPSA) is 26.3 Å². The number of esters is 1. The van der Waals surface area contributed by atoms with Crippen LogP contribution < -0.4 is 0 Å². The zero-order chi connectivity index (χ0) is 15.8. The van der Waals surface area contributed by atoms with E-state index in [1.807, 2.05) is 13.0 Å². The Morgan fingerprint density at radius 3 is 1.62 bits per heavy atom. The lowest BCUT2D eigenvalue weighted by atomic mass is 10.0. The molecule has 0 spiro atoms. The van der Waals surface area contributed by atoms with Crippen molar-refractivity contribution in [1.29, 1.82) is 0 Å². The molecule has 0 aromatic heterocycles. The first-order valence-corrected chi connectivity index (χ1v) is 9.02. The van der Waals surface area contributed by atoms with Gasteiger partial charge in [-0.3, -0.25) is 4.79 Å². The summed E-state index contributed by atoms with van der Waals surface area (Å²) in [4.78, 5) is 10.7. The van der Waals surface area contributed by atoms with E-state index in [0.717, 1.165) is 12.2 Å². The van der Waals surface area contributed by atoms with Crippen molar-refractivity contribution in [2.75, 3.05) is 0 Å². The number of hydrogen-bond donors (Lipinski definition) is 0. The van der Waals surface area contributed by atoms with Gasteiger partial charge in [-0.15, -0.1) is 0 Å². The highest BCUT2D eigenvalue weighted by molar-refractivity contribution is 5.67. The smallest absolute Gasteiger partial charge is 0.307 e. The van der Waals surface area contributed by atoms with Crippen molar-refractivity contribution in [3.05, 3.63) is 11.8 Å².